The molecule has 0 bridgehead atoms. The Kier molecular flexibility index (Phi) is 4.24. The lowest BCUT2D eigenvalue weighted by atomic mass is 9.98. The van der Waals surface area contributed by atoms with Gasteiger partial charge in [0, 0.05) is 0 Å². The Balaban J connectivity index is 2.93. The van der Waals surface area contributed by atoms with Crippen LogP contribution in [0.15, 0.2) is 0 Å². The monoisotopic (exact) mass is 266 g/mol. The molecule has 7 heteroatoms. The normalized spacial score (nSPS) is 25.6. The van der Waals surface area contributed by atoms with E-state index in [1.54, 1.807) is 13.8 Å². The third-order valence-electron chi connectivity index (χ3n) is 2.74. The number of piperazine rings is 1. The lowest BCUT2D eigenvalue weighted by molar-refractivity contribution is -0.174. The number of nitrogens with one attached hydrogen (secondary N) is 1. The zero-order valence-corrected chi connectivity index (χ0v) is 10.5. The quantitative estimate of drug-likeness (QED) is 0.837. The maximum absolute atomic E-state index is 12.5. The molecule has 1 aliphatic rings. The Morgan fingerprint density at radius 1 is 1.33 bits per heavy atom. The van der Waals surface area contributed by atoms with E-state index in [-0.39, 0.29) is 12.3 Å². The zero-order valence-electron chi connectivity index (χ0n) is 10.5. The van der Waals surface area contributed by atoms with Crippen LogP contribution < -0.4 is 5.32 Å². The first kappa shape index (κ1) is 14.8. The van der Waals surface area contributed by atoms with Crippen molar-refractivity contribution in [3.05, 3.63) is 0 Å². The summed E-state index contributed by atoms with van der Waals surface area (Å²) in [6, 6.07) is -1.93. The summed E-state index contributed by atoms with van der Waals surface area (Å²) in [4.78, 5) is 24.1. The van der Waals surface area contributed by atoms with Crippen molar-refractivity contribution in [2.75, 3.05) is 6.54 Å². The van der Waals surface area contributed by atoms with E-state index in [0.717, 1.165) is 0 Å². The highest BCUT2D eigenvalue weighted by Gasteiger charge is 2.44. The van der Waals surface area contributed by atoms with Gasteiger partial charge >= 0.3 is 6.18 Å². The molecular weight excluding hydrogens is 249 g/mol. The van der Waals surface area contributed by atoms with Crippen LogP contribution in [0.3, 0.4) is 0 Å². The highest BCUT2D eigenvalue weighted by atomic mass is 19.4. The Morgan fingerprint density at radius 2 is 1.89 bits per heavy atom. The van der Waals surface area contributed by atoms with Gasteiger partial charge in [-0.1, -0.05) is 13.8 Å². The fourth-order valence-corrected chi connectivity index (χ4v) is 1.98. The van der Waals surface area contributed by atoms with Gasteiger partial charge in [0.05, 0.1) is 0 Å². The van der Waals surface area contributed by atoms with Crippen molar-refractivity contribution in [2.24, 2.45) is 5.92 Å². The lowest BCUT2D eigenvalue weighted by Gasteiger charge is -2.38. The summed E-state index contributed by atoms with van der Waals surface area (Å²) in [5.41, 5.74) is 0. The van der Waals surface area contributed by atoms with Gasteiger partial charge in [-0.15, -0.1) is 0 Å². The number of rotatable bonds is 3. The molecule has 0 aromatic carbocycles. The largest absolute Gasteiger partial charge is 0.406 e. The number of alkyl halides is 3. The van der Waals surface area contributed by atoms with Crippen LogP contribution in [-0.2, 0) is 9.59 Å². The van der Waals surface area contributed by atoms with E-state index >= 15 is 0 Å². The molecule has 104 valence electrons. The molecule has 0 aliphatic carbocycles. The molecular formula is C11H17F3N2O2. The number of halogens is 3. The van der Waals surface area contributed by atoms with Crippen LogP contribution in [-0.4, -0.2) is 41.5 Å². The summed E-state index contributed by atoms with van der Waals surface area (Å²) < 4.78 is 37.4. The van der Waals surface area contributed by atoms with Gasteiger partial charge in [0.25, 0.3) is 0 Å². The number of hydrogen-bond acceptors (Lipinski definition) is 2. The van der Waals surface area contributed by atoms with Crippen molar-refractivity contribution in [3.8, 4) is 0 Å². The Hall–Kier alpha value is -1.27. The first-order valence-corrected chi connectivity index (χ1v) is 5.79. The number of carbonyl (C=O) groups is 2. The fraction of sp³-hybridized carbons (Fsp3) is 0.818. The van der Waals surface area contributed by atoms with E-state index in [2.05, 4.69) is 5.32 Å². The molecule has 1 fully saturated rings. The van der Waals surface area contributed by atoms with E-state index in [0.29, 0.717) is 4.90 Å². The molecule has 0 radical (unpaired) electrons. The maximum atomic E-state index is 12.5. The smallest absolute Gasteiger partial charge is 0.343 e. The summed E-state index contributed by atoms with van der Waals surface area (Å²) in [6.07, 6.45) is -4.28. The number of carbonyl (C=O) groups excluding carboxylic acids is 2. The third-order valence-corrected chi connectivity index (χ3v) is 2.74. The van der Waals surface area contributed by atoms with Gasteiger partial charge < -0.3 is 10.2 Å². The molecule has 1 aliphatic heterocycles. The van der Waals surface area contributed by atoms with Crippen LogP contribution in [0.2, 0.25) is 0 Å². The summed E-state index contributed by atoms with van der Waals surface area (Å²) in [6.45, 7) is 3.60. The minimum atomic E-state index is -4.50. The van der Waals surface area contributed by atoms with Gasteiger partial charge in [-0.25, -0.2) is 0 Å². The van der Waals surface area contributed by atoms with Gasteiger partial charge in [0.2, 0.25) is 11.8 Å². The van der Waals surface area contributed by atoms with Crippen LogP contribution in [0.1, 0.15) is 27.2 Å². The van der Waals surface area contributed by atoms with Crippen molar-refractivity contribution in [1.29, 1.82) is 0 Å². The molecule has 18 heavy (non-hydrogen) atoms. The molecule has 2 amide bonds. The zero-order chi connectivity index (χ0) is 14.1. The van der Waals surface area contributed by atoms with E-state index in [1.165, 1.54) is 6.92 Å². The van der Waals surface area contributed by atoms with Crippen LogP contribution in [0, 0.1) is 5.92 Å². The molecule has 1 saturated heterocycles. The average Bonchev–Trinajstić information content (AvgIpc) is 2.18. The first-order valence-electron chi connectivity index (χ1n) is 5.79. The predicted molar refractivity (Wildman–Crippen MR) is 58.6 cm³/mol. The van der Waals surface area contributed by atoms with Crippen molar-refractivity contribution < 1.29 is 22.8 Å². The highest BCUT2D eigenvalue weighted by molar-refractivity contribution is 5.96. The summed E-state index contributed by atoms with van der Waals surface area (Å²) in [5, 5.41) is 2.40. The van der Waals surface area contributed by atoms with Gasteiger partial charge in [-0.05, 0) is 19.3 Å². The summed E-state index contributed by atoms with van der Waals surface area (Å²) in [7, 11) is 0. The first-order chi connectivity index (χ1) is 8.11. The second-order valence-corrected chi connectivity index (χ2v) is 4.96. The lowest BCUT2D eigenvalue weighted by Crippen LogP contribution is -2.64. The van der Waals surface area contributed by atoms with E-state index in [4.69, 9.17) is 0 Å². The molecule has 0 aromatic heterocycles. The van der Waals surface area contributed by atoms with Gasteiger partial charge in [-0.3, -0.25) is 9.59 Å². The Labute approximate surface area is 104 Å². The summed E-state index contributed by atoms with van der Waals surface area (Å²) in [5.74, 6) is -1.17. The summed E-state index contributed by atoms with van der Waals surface area (Å²) >= 11 is 0. The second kappa shape index (κ2) is 5.16. The molecule has 0 spiro atoms. The van der Waals surface area contributed by atoms with Crippen LogP contribution in [0.4, 0.5) is 13.2 Å². The Morgan fingerprint density at radius 3 is 2.33 bits per heavy atom. The number of nitrogens with zero attached hydrogens (tertiary/aromatic N) is 1. The van der Waals surface area contributed by atoms with E-state index in [9.17, 15) is 22.8 Å². The Bertz CT molecular complexity index is 342. The van der Waals surface area contributed by atoms with Crippen LogP contribution >= 0.6 is 0 Å². The van der Waals surface area contributed by atoms with E-state index < -0.39 is 36.6 Å². The molecule has 1 heterocycles. The van der Waals surface area contributed by atoms with E-state index in [1.807, 2.05) is 0 Å². The van der Waals surface area contributed by atoms with Crippen molar-refractivity contribution >= 4 is 11.8 Å². The second-order valence-electron chi connectivity index (χ2n) is 4.96. The molecule has 0 saturated carbocycles. The minimum absolute atomic E-state index is 0.0256. The topological polar surface area (TPSA) is 49.4 Å². The molecule has 0 aromatic rings. The molecule has 1 N–H and O–H groups in total. The van der Waals surface area contributed by atoms with Gasteiger partial charge in [0.1, 0.15) is 18.6 Å². The standard InChI is InChI=1S/C11H17F3N2O2/c1-6(2)4-8-9(17)15-7(3)10(18)16(8)5-11(12,13)14/h6-8H,4-5H2,1-3H3,(H,15,17). The SMILES string of the molecule is CC(C)CC1C(=O)NC(C)C(=O)N1CC(F)(F)F. The fourth-order valence-electron chi connectivity index (χ4n) is 1.98. The minimum Gasteiger partial charge on any atom is -0.343 e. The molecule has 2 atom stereocenters. The highest BCUT2D eigenvalue weighted by Crippen LogP contribution is 2.23. The van der Waals surface area contributed by atoms with Crippen LogP contribution in [0.5, 0.6) is 0 Å². The third kappa shape index (κ3) is 3.61. The maximum Gasteiger partial charge on any atom is 0.406 e. The van der Waals surface area contributed by atoms with Gasteiger partial charge in [-0.2, -0.15) is 13.2 Å². The molecule has 1 rings (SSSR count). The van der Waals surface area contributed by atoms with Crippen molar-refractivity contribution in [2.45, 2.75) is 45.5 Å². The van der Waals surface area contributed by atoms with Crippen molar-refractivity contribution in [3.63, 3.8) is 0 Å². The van der Waals surface area contributed by atoms with Gasteiger partial charge in [0.15, 0.2) is 0 Å². The number of amides is 2. The number of hydrogen-bond donors (Lipinski definition) is 1. The predicted octanol–water partition coefficient (Wildman–Crippen LogP) is 1.31. The molecule has 4 nitrogen and oxygen atoms in total. The average molecular weight is 266 g/mol. The van der Waals surface area contributed by atoms with Crippen molar-refractivity contribution in [1.82, 2.24) is 10.2 Å². The van der Waals surface area contributed by atoms with Crippen LogP contribution in [0.25, 0.3) is 0 Å². The molecule has 2 unspecified atom stereocenters.